The second-order valence-electron chi connectivity index (χ2n) is 4.36. The van der Waals surface area contributed by atoms with Crippen LogP contribution in [0.25, 0.3) is 0 Å². The van der Waals surface area contributed by atoms with Crippen LogP contribution in [-0.4, -0.2) is 21.5 Å². The van der Waals surface area contributed by atoms with E-state index in [-0.39, 0.29) is 17.3 Å². The zero-order chi connectivity index (χ0) is 13.5. The van der Waals surface area contributed by atoms with E-state index in [0.717, 1.165) is 25.0 Å². The molecule has 4 nitrogen and oxygen atoms in total. The summed E-state index contributed by atoms with van der Waals surface area (Å²) in [7, 11) is 0. The molecular weight excluding hydrogens is 248 g/mol. The fraction of sp³-hybridized carbons (Fsp3) is 0.615. The lowest BCUT2D eigenvalue weighted by Gasteiger charge is -2.07. The highest BCUT2D eigenvalue weighted by molar-refractivity contribution is 7.99. The summed E-state index contributed by atoms with van der Waals surface area (Å²) in [6.07, 6.45) is 2.59. The van der Waals surface area contributed by atoms with Crippen LogP contribution in [0, 0.1) is 5.92 Å². The number of aromatic amines is 1. The van der Waals surface area contributed by atoms with Crippen LogP contribution in [0.1, 0.15) is 39.3 Å². The first-order valence-corrected chi connectivity index (χ1v) is 7.31. The van der Waals surface area contributed by atoms with E-state index >= 15 is 0 Å². The third-order valence-corrected chi connectivity index (χ3v) is 3.69. The van der Waals surface area contributed by atoms with Gasteiger partial charge in [-0.1, -0.05) is 39.0 Å². The van der Waals surface area contributed by atoms with E-state index in [1.807, 2.05) is 20.8 Å². The normalized spacial score (nSPS) is 12.4. The Kier molecular flexibility index (Phi) is 6.12. The number of carbonyl (C=O) groups excluding carboxylic acids is 1. The first-order chi connectivity index (χ1) is 8.56. The lowest BCUT2D eigenvalue weighted by atomic mass is 10.1. The van der Waals surface area contributed by atoms with Crippen LogP contribution in [0.15, 0.2) is 16.0 Å². The summed E-state index contributed by atoms with van der Waals surface area (Å²) < 4.78 is 0. The molecule has 0 radical (unpaired) electrons. The van der Waals surface area contributed by atoms with Crippen molar-refractivity contribution in [1.29, 1.82) is 0 Å². The molecule has 5 heteroatoms. The largest absolute Gasteiger partial charge is 0.301 e. The Morgan fingerprint density at radius 1 is 1.50 bits per heavy atom. The van der Waals surface area contributed by atoms with E-state index in [9.17, 15) is 9.59 Å². The van der Waals surface area contributed by atoms with Crippen molar-refractivity contribution in [3.63, 3.8) is 0 Å². The molecule has 0 aromatic carbocycles. The van der Waals surface area contributed by atoms with Gasteiger partial charge in [0.25, 0.3) is 5.56 Å². The maximum Gasteiger partial charge on any atom is 0.251 e. The van der Waals surface area contributed by atoms with Crippen molar-refractivity contribution in [3.05, 3.63) is 22.1 Å². The highest BCUT2D eigenvalue weighted by Crippen LogP contribution is 2.15. The smallest absolute Gasteiger partial charge is 0.251 e. The highest BCUT2D eigenvalue weighted by Gasteiger charge is 2.12. The van der Waals surface area contributed by atoms with Gasteiger partial charge >= 0.3 is 0 Å². The van der Waals surface area contributed by atoms with Gasteiger partial charge in [0, 0.05) is 17.7 Å². The number of carbonyl (C=O) groups is 1. The molecule has 1 aromatic rings. The van der Waals surface area contributed by atoms with Gasteiger partial charge in [0.1, 0.15) is 5.78 Å². The van der Waals surface area contributed by atoms with Crippen molar-refractivity contribution in [3.8, 4) is 0 Å². The number of hydrogen-bond donors (Lipinski definition) is 1. The number of aryl methyl sites for hydroxylation is 1. The maximum absolute atomic E-state index is 11.7. The van der Waals surface area contributed by atoms with Crippen molar-refractivity contribution >= 4 is 17.5 Å². The third kappa shape index (κ3) is 4.64. The van der Waals surface area contributed by atoms with Crippen molar-refractivity contribution in [2.24, 2.45) is 5.92 Å². The number of H-pyrrole nitrogens is 1. The van der Waals surface area contributed by atoms with Gasteiger partial charge in [-0.3, -0.25) is 9.59 Å². The van der Waals surface area contributed by atoms with Crippen LogP contribution in [0.2, 0.25) is 0 Å². The second kappa shape index (κ2) is 7.36. The highest BCUT2D eigenvalue weighted by atomic mass is 32.2. The average molecular weight is 268 g/mol. The lowest BCUT2D eigenvalue weighted by molar-refractivity contribution is -0.119. The molecule has 0 bridgehead atoms. The minimum atomic E-state index is -0.146. The van der Waals surface area contributed by atoms with Gasteiger partial charge in [-0.05, 0) is 12.8 Å². The first kappa shape index (κ1) is 15.0. The van der Waals surface area contributed by atoms with Crippen LogP contribution in [-0.2, 0) is 11.2 Å². The van der Waals surface area contributed by atoms with E-state index in [1.54, 1.807) is 0 Å². The number of nitrogens with one attached hydrogen (secondary N) is 1. The molecule has 0 saturated heterocycles. The SMILES string of the molecule is CCCc1cc(=O)[nH]c(SCC(=O)C(C)CC)n1. The molecule has 0 aliphatic rings. The Labute approximate surface area is 112 Å². The fourth-order valence-corrected chi connectivity index (χ4v) is 2.36. The van der Waals surface area contributed by atoms with Gasteiger partial charge in [-0.15, -0.1) is 0 Å². The molecular formula is C13H20N2O2S. The molecule has 1 rings (SSSR count). The zero-order valence-electron chi connectivity index (χ0n) is 11.2. The van der Waals surface area contributed by atoms with Crippen molar-refractivity contribution in [2.75, 3.05) is 5.75 Å². The summed E-state index contributed by atoms with van der Waals surface area (Å²) in [5.74, 6) is 0.641. The Balaban J connectivity index is 2.67. The molecule has 0 saturated carbocycles. The summed E-state index contributed by atoms with van der Waals surface area (Å²) in [4.78, 5) is 30.1. The molecule has 0 aliphatic heterocycles. The quantitative estimate of drug-likeness (QED) is 0.609. The van der Waals surface area contributed by atoms with E-state index in [4.69, 9.17) is 0 Å². The minimum absolute atomic E-state index is 0.0723. The van der Waals surface area contributed by atoms with Crippen LogP contribution in [0.3, 0.4) is 0 Å². The Morgan fingerprint density at radius 3 is 2.83 bits per heavy atom. The number of hydrogen-bond acceptors (Lipinski definition) is 4. The minimum Gasteiger partial charge on any atom is -0.301 e. The molecule has 1 heterocycles. The average Bonchev–Trinajstić information content (AvgIpc) is 2.34. The topological polar surface area (TPSA) is 62.8 Å². The molecule has 0 amide bonds. The van der Waals surface area contributed by atoms with Crippen molar-refractivity contribution < 1.29 is 4.79 Å². The van der Waals surface area contributed by atoms with E-state index in [1.165, 1.54) is 17.8 Å². The van der Waals surface area contributed by atoms with Crippen molar-refractivity contribution in [2.45, 2.75) is 45.2 Å². The number of aromatic nitrogens is 2. The summed E-state index contributed by atoms with van der Waals surface area (Å²) in [5.41, 5.74) is 0.645. The lowest BCUT2D eigenvalue weighted by Crippen LogP contribution is -2.14. The predicted molar refractivity (Wildman–Crippen MR) is 74.0 cm³/mol. The number of rotatable bonds is 7. The van der Waals surface area contributed by atoms with Gasteiger partial charge in [0.2, 0.25) is 0 Å². The monoisotopic (exact) mass is 268 g/mol. The molecule has 0 fully saturated rings. The standard InChI is InChI=1S/C13H20N2O2S/c1-4-6-10-7-12(17)15-13(14-10)18-8-11(16)9(3)5-2/h7,9H,4-6,8H2,1-3H3,(H,14,15,17). The van der Waals surface area contributed by atoms with Crippen molar-refractivity contribution in [1.82, 2.24) is 9.97 Å². The Morgan fingerprint density at radius 2 is 2.22 bits per heavy atom. The molecule has 100 valence electrons. The van der Waals surface area contributed by atoms with E-state index in [0.29, 0.717) is 10.9 Å². The zero-order valence-corrected chi connectivity index (χ0v) is 12.0. The molecule has 1 unspecified atom stereocenters. The Hall–Kier alpha value is -1.10. The summed E-state index contributed by atoms with van der Waals surface area (Å²) in [6, 6.07) is 1.52. The van der Waals surface area contributed by atoms with Gasteiger partial charge < -0.3 is 4.98 Å². The predicted octanol–water partition coefficient (Wildman–Crippen LogP) is 2.43. The molecule has 1 aromatic heterocycles. The first-order valence-electron chi connectivity index (χ1n) is 6.32. The van der Waals surface area contributed by atoms with Gasteiger partial charge in [-0.25, -0.2) is 4.98 Å². The van der Waals surface area contributed by atoms with Gasteiger partial charge in [-0.2, -0.15) is 0 Å². The number of Topliss-reactive ketones (excluding diaryl/α,β-unsaturated/α-hetero) is 1. The Bertz CT molecular complexity index is 457. The fourth-order valence-electron chi connectivity index (χ4n) is 1.45. The summed E-state index contributed by atoms with van der Waals surface area (Å²) in [5, 5.41) is 0.544. The maximum atomic E-state index is 11.7. The van der Waals surface area contributed by atoms with Crippen LogP contribution in [0.5, 0.6) is 0 Å². The molecule has 18 heavy (non-hydrogen) atoms. The van der Waals surface area contributed by atoms with Crippen LogP contribution >= 0.6 is 11.8 Å². The number of ketones is 1. The number of nitrogens with zero attached hydrogens (tertiary/aromatic N) is 1. The molecule has 0 spiro atoms. The van der Waals surface area contributed by atoms with E-state index in [2.05, 4.69) is 9.97 Å². The summed E-state index contributed by atoms with van der Waals surface area (Å²) in [6.45, 7) is 5.96. The molecule has 0 aliphatic carbocycles. The second-order valence-corrected chi connectivity index (χ2v) is 5.32. The van der Waals surface area contributed by atoms with Crippen LogP contribution < -0.4 is 5.56 Å². The molecule has 1 atom stereocenters. The number of thioether (sulfide) groups is 1. The molecule has 1 N–H and O–H groups in total. The van der Waals surface area contributed by atoms with Gasteiger partial charge in [0.05, 0.1) is 5.75 Å². The van der Waals surface area contributed by atoms with Gasteiger partial charge in [0.15, 0.2) is 5.16 Å². The van der Waals surface area contributed by atoms with Crippen LogP contribution in [0.4, 0.5) is 0 Å². The third-order valence-electron chi connectivity index (χ3n) is 2.79. The summed E-state index contributed by atoms with van der Waals surface area (Å²) >= 11 is 1.31. The van der Waals surface area contributed by atoms with E-state index < -0.39 is 0 Å².